The van der Waals surface area contributed by atoms with Gasteiger partial charge in [0.25, 0.3) is 0 Å². The van der Waals surface area contributed by atoms with Gasteiger partial charge in [-0.15, -0.1) is 12.4 Å². The van der Waals surface area contributed by atoms with E-state index in [1.807, 2.05) is 29.2 Å². The van der Waals surface area contributed by atoms with Crippen LogP contribution in [0.3, 0.4) is 0 Å². The molecule has 4 heterocycles. The molecule has 166 valence electrons. The number of hydrogen-bond acceptors (Lipinski definition) is 6. The number of benzene rings is 1. The van der Waals surface area contributed by atoms with E-state index in [2.05, 4.69) is 25.3 Å². The summed E-state index contributed by atoms with van der Waals surface area (Å²) in [5.41, 5.74) is 2.84. The molecule has 2 aliphatic heterocycles. The summed E-state index contributed by atoms with van der Waals surface area (Å²) < 4.78 is 5.89. The van der Waals surface area contributed by atoms with Crippen molar-refractivity contribution in [2.75, 3.05) is 26.2 Å². The van der Waals surface area contributed by atoms with Gasteiger partial charge in [-0.1, -0.05) is 12.1 Å². The summed E-state index contributed by atoms with van der Waals surface area (Å²) in [5, 5.41) is 3.63. The van der Waals surface area contributed by atoms with Gasteiger partial charge in [0.05, 0.1) is 11.0 Å². The van der Waals surface area contributed by atoms with E-state index in [9.17, 15) is 4.79 Å². The average Bonchev–Trinajstić information content (AvgIpc) is 3.12. The Labute approximate surface area is 192 Å². The van der Waals surface area contributed by atoms with Gasteiger partial charge in [0, 0.05) is 51.4 Å². The van der Waals surface area contributed by atoms with Crippen LogP contribution in [0.5, 0.6) is 5.88 Å². The molecule has 0 spiro atoms. The molecule has 2 aromatic heterocycles. The second-order valence-electron chi connectivity index (χ2n) is 7.47. The number of likely N-dealkylation sites (tertiary alicyclic amines) is 1. The predicted molar refractivity (Wildman–Crippen MR) is 122 cm³/mol. The molecule has 8 nitrogen and oxygen atoms in total. The minimum absolute atomic E-state index is 0. The van der Waals surface area contributed by atoms with E-state index in [1.165, 1.54) is 0 Å². The Morgan fingerprint density at radius 3 is 2.52 bits per heavy atom. The molecule has 10 heteroatoms. The monoisotopic (exact) mass is 464 g/mol. The number of hydrogen-bond donors (Lipinski definition) is 2. The minimum atomic E-state index is 0. The van der Waals surface area contributed by atoms with Crippen LogP contribution in [0.2, 0.25) is 5.28 Å². The lowest BCUT2D eigenvalue weighted by Gasteiger charge is -2.32. The molecule has 2 fully saturated rings. The molecule has 31 heavy (non-hydrogen) atoms. The molecular formula is C21H26Cl2N6O2. The molecule has 0 unspecified atom stereocenters. The number of nitrogens with one attached hydrogen (secondary N) is 2. The van der Waals surface area contributed by atoms with Crippen LogP contribution in [0, 0.1) is 0 Å². The number of fused-ring (bicyclic) bond motifs is 1. The van der Waals surface area contributed by atoms with E-state index in [-0.39, 0.29) is 24.4 Å². The molecule has 2 N–H and O–H groups in total. The van der Waals surface area contributed by atoms with Crippen molar-refractivity contribution in [3.63, 3.8) is 0 Å². The number of rotatable bonds is 3. The quantitative estimate of drug-likeness (QED) is 0.617. The first-order valence-corrected chi connectivity index (χ1v) is 10.5. The first-order chi connectivity index (χ1) is 14.6. The third kappa shape index (κ3) is 5.84. The smallest absolute Gasteiger partial charge is 0.236 e. The second kappa shape index (κ2) is 10.7. The zero-order chi connectivity index (χ0) is 20.9. The van der Waals surface area contributed by atoms with Crippen LogP contribution < -0.4 is 10.1 Å². The van der Waals surface area contributed by atoms with Crippen LogP contribution in [0.15, 0.2) is 36.7 Å². The normalized spacial score (nSPS) is 16.6. The molecule has 5 rings (SSSR count). The van der Waals surface area contributed by atoms with Crippen LogP contribution in [0.25, 0.3) is 11.0 Å². The number of H-pyrrole nitrogens is 1. The highest BCUT2D eigenvalue weighted by Gasteiger charge is 2.28. The molecular weight excluding hydrogens is 439 g/mol. The summed E-state index contributed by atoms with van der Waals surface area (Å²) in [5.74, 6) is 1.15. The van der Waals surface area contributed by atoms with Gasteiger partial charge in [0.15, 0.2) is 0 Å². The Morgan fingerprint density at radius 2 is 1.87 bits per heavy atom. The number of para-hydroxylation sites is 2. The Hall–Kier alpha value is -2.42. The number of ether oxygens (including phenoxy) is 1. The molecule has 1 amide bonds. The maximum Gasteiger partial charge on any atom is 0.236 e. The fourth-order valence-electron chi connectivity index (χ4n) is 3.60. The number of halogens is 2. The lowest BCUT2D eigenvalue weighted by Crippen LogP contribution is -2.50. The molecule has 2 saturated heterocycles. The molecule has 0 bridgehead atoms. The van der Waals surface area contributed by atoms with Crippen molar-refractivity contribution in [3.8, 4) is 5.88 Å². The predicted octanol–water partition coefficient (Wildman–Crippen LogP) is 3.19. The zero-order valence-electron chi connectivity index (χ0n) is 17.3. The van der Waals surface area contributed by atoms with E-state index in [0.29, 0.717) is 17.1 Å². The van der Waals surface area contributed by atoms with Crippen LogP contribution in [0.1, 0.15) is 31.4 Å². The summed E-state index contributed by atoms with van der Waals surface area (Å²) in [7, 11) is 0. The standard InChI is InChI=1S/C14H20N4O2.C7H5ClN2.ClH/c1-10(19)18-6-2-11(3-7-18)13-14(17-5-4-16-13)20-12-8-15-9-12;8-7-9-5-3-1-2-4-6(5)10-7;/h4-5,11-12,15H,2-3,6-9H2,1H3;1-4H,(H,9,10);1H. The van der Waals surface area contributed by atoms with E-state index in [0.717, 1.165) is 55.7 Å². The number of nitrogens with zero attached hydrogens (tertiary/aromatic N) is 4. The Bertz CT molecular complexity index is 969. The summed E-state index contributed by atoms with van der Waals surface area (Å²) in [4.78, 5) is 29.0. The molecule has 0 atom stereocenters. The van der Waals surface area contributed by atoms with Gasteiger partial charge in [0.2, 0.25) is 17.1 Å². The van der Waals surface area contributed by atoms with Crippen LogP contribution >= 0.6 is 24.0 Å². The third-order valence-corrected chi connectivity index (χ3v) is 5.58. The summed E-state index contributed by atoms with van der Waals surface area (Å²) >= 11 is 5.62. The van der Waals surface area contributed by atoms with Crippen molar-refractivity contribution in [2.45, 2.75) is 31.8 Å². The zero-order valence-corrected chi connectivity index (χ0v) is 18.8. The van der Waals surface area contributed by atoms with E-state index in [4.69, 9.17) is 16.3 Å². The van der Waals surface area contributed by atoms with Crippen molar-refractivity contribution in [3.05, 3.63) is 47.6 Å². The van der Waals surface area contributed by atoms with Crippen molar-refractivity contribution < 1.29 is 9.53 Å². The highest BCUT2D eigenvalue weighted by atomic mass is 35.5. The summed E-state index contributed by atoms with van der Waals surface area (Å²) in [6.45, 7) is 4.96. The number of aromatic amines is 1. The summed E-state index contributed by atoms with van der Waals surface area (Å²) in [6.07, 6.45) is 5.46. The lowest BCUT2D eigenvalue weighted by molar-refractivity contribution is -0.129. The van der Waals surface area contributed by atoms with Crippen LogP contribution in [0.4, 0.5) is 0 Å². The first kappa shape index (κ1) is 23.2. The Kier molecular flexibility index (Phi) is 8.06. The van der Waals surface area contributed by atoms with Gasteiger partial charge < -0.3 is 19.9 Å². The van der Waals surface area contributed by atoms with Gasteiger partial charge >= 0.3 is 0 Å². The van der Waals surface area contributed by atoms with Gasteiger partial charge in [0.1, 0.15) is 11.8 Å². The molecule has 0 aliphatic carbocycles. The van der Waals surface area contributed by atoms with E-state index in [1.54, 1.807) is 19.3 Å². The van der Waals surface area contributed by atoms with Gasteiger partial charge in [-0.25, -0.2) is 9.97 Å². The van der Waals surface area contributed by atoms with Crippen molar-refractivity contribution in [1.82, 2.24) is 30.2 Å². The Balaban J connectivity index is 0.000000208. The average molecular weight is 465 g/mol. The van der Waals surface area contributed by atoms with Gasteiger partial charge in [-0.2, -0.15) is 0 Å². The highest BCUT2D eigenvalue weighted by molar-refractivity contribution is 6.29. The topological polar surface area (TPSA) is 96.0 Å². The fourth-order valence-corrected chi connectivity index (χ4v) is 3.79. The number of carbonyl (C=O) groups is 1. The number of aromatic nitrogens is 4. The molecule has 1 aromatic carbocycles. The number of amides is 1. The largest absolute Gasteiger partial charge is 0.470 e. The van der Waals surface area contributed by atoms with Gasteiger partial charge in [-0.3, -0.25) is 9.78 Å². The SMILES string of the molecule is CC(=O)N1CCC(c2nccnc2OC2CNC2)CC1.Cl.Clc1nc2ccccc2[nH]1. The fraction of sp³-hybridized carbons (Fsp3) is 0.429. The van der Waals surface area contributed by atoms with Crippen molar-refractivity contribution >= 4 is 40.9 Å². The molecule has 2 aliphatic rings. The third-order valence-electron chi connectivity index (χ3n) is 5.40. The minimum Gasteiger partial charge on any atom is -0.470 e. The van der Waals surface area contributed by atoms with Gasteiger partial charge in [-0.05, 0) is 36.6 Å². The number of imidazole rings is 1. The second-order valence-corrected chi connectivity index (χ2v) is 7.83. The van der Waals surface area contributed by atoms with Crippen LogP contribution in [-0.4, -0.2) is 63.0 Å². The van der Waals surface area contributed by atoms with Crippen molar-refractivity contribution in [2.24, 2.45) is 0 Å². The summed E-state index contributed by atoms with van der Waals surface area (Å²) in [6, 6.07) is 7.72. The molecule has 0 radical (unpaired) electrons. The first-order valence-electron chi connectivity index (χ1n) is 10.1. The maximum atomic E-state index is 11.4. The van der Waals surface area contributed by atoms with Crippen LogP contribution in [-0.2, 0) is 4.79 Å². The lowest BCUT2D eigenvalue weighted by atomic mass is 9.93. The Morgan fingerprint density at radius 1 is 1.16 bits per heavy atom. The van der Waals surface area contributed by atoms with Crippen molar-refractivity contribution in [1.29, 1.82) is 0 Å². The number of piperidine rings is 1. The highest BCUT2D eigenvalue weighted by Crippen LogP contribution is 2.31. The molecule has 3 aromatic rings. The van der Waals surface area contributed by atoms with E-state index < -0.39 is 0 Å². The molecule has 0 saturated carbocycles. The number of carbonyl (C=O) groups excluding carboxylic acids is 1. The maximum absolute atomic E-state index is 11.4. The van der Waals surface area contributed by atoms with E-state index >= 15 is 0 Å².